The van der Waals surface area contributed by atoms with E-state index in [1.165, 1.54) is 0 Å². The molecule has 0 radical (unpaired) electrons. The van der Waals surface area contributed by atoms with E-state index in [1.807, 2.05) is 20.9 Å². The van der Waals surface area contributed by atoms with Crippen molar-refractivity contribution < 1.29 is 4.79 Å². The van der Waals surface area contributed by atoms with Gasteiger partial charge in [-0.25, -0.2) is 9.97 Å². The van der Waals surface area contributed by atoms with Gasteiger partial charge in [-0.3, -0.25) is 4.79 Å². The second-order valence-corrected chi connectivity index (χ2v) is 5.61. The van der Waals surface area contributed by atoms with Crippen molar-refractivity contribution in [1.29, 1.82) is 0 Å². The van der Waals surface area contributed by atoms with E-state index in [4.69, 9.17) is 0 Å². The van der Waals surface area contributed by atoms with Gasteiger partial charge in [-0.1, -0.05) is 6.92 Å². The Balaban J connectivity index is 2.12. The Morgan fingerprint density at radius 1 is 1.33 bits per heavy atom. The lowest BCUT2D eigenvalue weighted by atomic mass is 10.2. The van der Waals surface area contributed by atoms with Gasteiger partial charge in [0.1, 0.15) is 23.5 Å². The van der Waals surface area contributed by atoms with Gasteiger partial charge in [-0.2, -0.15) is 0 Å². The molecule has 1 aromatic rings. The predicted molar refractivity (Wildman–Crippen MR) is 84.6 cm³/mol. The van der Waals surface area contributed by atoms with Crippen LogP contribution in [0.5, 0.6) is 0 Å². The summed E-state index contributed by atoms with van der Waals surface area (Å²) in [5.74, 6) is 2.37. The third kappa shape index (κ3) is 4.06. The maximum absolute atomic E-state index is 12.0. The number of hydrogen-bond acceptors (Lipinski definition) is 5. The highest BCUT2D eigenvalue weighted by atomic mass is 16.2. The van der Waals surface area contributed by atoms with Crippen LogP contribution in [0.25, 0.3) is 0 Å². The summed E-state index contributed by atoms with van der Waals surface area (Å²) in [4.78, 5) is 21.1. The number of amides is 1. The molecule has 21 heavy (non-hydrogen) atoms. The molecule has 0 spiro atoms. The van der Waals surface area contributed by atoms with Crippen molar-refractivity contribution in [2.75, 3.05) is 17.7 Å². The second-order valence-electron chi connectivity index (χ2n) is 5.61. The first-order valence-corrected chi connectivity index (χ1v) is 7.67. The van der Waals surface area contributed by atoms with Crippen LogP contribution in [0.3, 0.4) is 0 Å². The molecule has 0 saturated heterocycles. The molecule has 6 nitrogen and oxygen atoms in total. The standard InChI is InChI=1S/C15H25N5O/c1-5-6-12-19-13(16-4)9(2)14(20-12)17-10(3)15(21)18-11-7-8-11/h10-11H,5-8H2,1-4H3,(H,18,21)(H2,16,17,19,20). The smallest absolute Gasteiger partial charge is 0.242 e. The van der Waals surface area contributed by atoms with E-state index < -0.39 is 0 Å². The molecule has 1 aromatic heterocycles. The van der Waals surface area contributed by atoms with Gasteiger partial charge in [0.05, 0.1) is 0 Å². The number of nitrogens with one attached hydrogen (secondary N) is 3. The Labute approximate surface area is 126 Å². The quantitative estimate of drug-likeness (QED) is 0.714. The molecule has 1 aliphatic carbocycles. The van der Waals surface area contributed by atoms with Crippen molar-refractivity contribution in [2.24, 2.45) is 0 Å². The first kappa shape index (κ1) is 15.5. The Morgan fingerprint density at radius 2 is 2.00 bits per heavy atom. The molecule has 1 amide bonds. The first-order chi connectivity index (χ1) is 10.0. The molecule has 1 fully saturated rings. The summed E-state index contributed by atoms with van der Waals surface area (Å²) in [6, 6.07) is 0.0650. The summed E-state index contributed by atoms with van der Waals surface area (Å²) in [5, 5.41) is 9.30. The Bertz CT molecular complexity index is 513. The zero-order chi connectivity index (χ0) is 15.4. The highest BCUT2D eigenvalue weighted by Crippen LogP contribution is 2.22. The summed E-state index contributed by atoms with van der Waals surface area (Å²) < 4.78 is 0. The summed E-state index contributed by atoms with van der Waals surface area (Å²) in [6.07, 6.45) is 4.00. The van der Waals surface area contributed by atoms with Crippen molar-refractivity contribution in [2.45, 2.75) is 58.5 Å². The van der Waals surface area contributed by atoms with Crippen LogP contribution in [-0.4, -0.2) is 35.0 Å². The molecule has 1 heterocycles. The van der Waals surface area contributed by atoms with E-state index in [-0.39, 0.29) is 11.9 Å². The van der Waals surface area contributed by atoms with Gasteiger partial charge in [-0.15, -0.1) is 0 Å². The number of rotatable bonds is 7. The Kier molecular flexibility index (Phi) is 4.98. The van der Waals surface area contributed by atoms with Crippen molar-refractivity contribution in [3.05, 3.63) is 11.4 Å². The summed E-state index contributed by atoms with van der Waals surface area (Å²) in [6.45, 7) is 5.91. The normalized spacial score (nSPS) is 15.4. The monoisotopic (exact) mass is 291 g/mol. The minimum Gasteiger partial charge on any atom is -0.373 e. The summed E-state index contributed by atoms with van der Waals surface area (Å²) >= 11 is 0. The van der Waals surface area contributed by atoms with E-state index in [0.717, 1.165) is 48.7 Å². The van der Waals surface area contributed by atoms with E-state index in [2.05, 4.69) is 32.8 Å². The van der Waals surface area contributed by atoms with Crippen molar-refractivity contribution in [3.63, 3.8) is 0 Å². The fourth-order valence-corrected chi connectivity index (χ4v) is 2.11. The number of hydrogen-bond donors (Lipinski definition) is 3. The van der Waals surface area contributed by atoms with Crippen molar-refractivity contribution in [1.82, 2.24) is 15.3 Å². The van der Waals surface area contributed by atoms with Gasteiger partial charge in [0.15, 0.2) is 0 Å². The molecule has 1 aliphatic rings. The lowest BCUT2D eigenvalue weighted by molar-refractivity contribution is -0.121. The van der Waals surface area contributed by atoms with Gasteiger partial charge in [-0.05, 0) is 33.1 Å². The molecule has 1 unspecified atom stereocenters. The third-order valence-corrected chi connectivity index (χ3v) is 3.57. The predicted octanol–water partition coefficient (Wildman–Crippen LogP) is 1.86. The maximum Gasteiger partial charge on any atom is 0.242 e. The molecule has 1 atom stereocenters. The molecule has 0 aromatic carbocycles. The van der Waals surface area contributed by atoms with Gasteiger partial charge in [0.2, 0.25) is 5.91 Å². The lowest BCUT2D eigenvalue weighted by Crippen LogP contribution is -2.39. The summed E-state index contributed by atoms with van der Waals surface area (Å²) in [5.41, 5.74) is 0.934. The molecule has 3 N–H and O–H groups in total. The number of carbonyl (C=O) groups is 1. The molecule has 1 saturated carbocycles. The molecule has 116 valence electrons. The van der Waals surface area contributed by atoms with Crippen molar-refractivity contribution in [3.8, 4) is 0 Å². The average molecular weight is 291 g/mol. The van der Waals surface area contributed by atoms with Crippen LogP contribution in [0, 0.1) is 6.92 Å². The fourth-order valence-electron chi connectivity index (χ4n) is 2.11. The van der Waals surface area contributed by atoms with Gasteiger partial charge in [0, 0.05) is 25.1 Å². The van der Waals surface area contributed by atoms with Crippen LogP contribution in [0.1, 0.15) is 44.5 Å². The first-order valence-electron chi connectivity index (χ1n) is 7.67. The lowest BCUT2D eigenvalue weighted by Gasteiger charge is -2.18. The van der Waals surface area contributed by atoms with Crippen molar-refractivity contribution >= 4 is 17.5 Å². The molecular weight excluding hydrogens is 266 g/mol. The number of nitrogens with zero attached hydrogens (tertiary/aromatic N) is 2. The number of aromatic nitrogens is 2. The number of carbonyl (C=O) groups excluding carboxylic acids is 1. The van der Waals surface area contributed by atoms with Crippen LogP contribution in [-0.2, 0) is 11.2 Å². The van der Waals surface area contributed by atoms with E-state index in [0.29, 0.717) is 6.04 Å². The number of anilines is 2. The van der Waals surface area contributed by atoms with E-state index in [1.54, 1.807) is 0 Å². The van der Waals surface area contributed by atoms with Crippen LogP contribution < -0.4 is 16.0 Å². The molecule has 0 bridgehead atoms. The minimum atomic E-state index is -0.307. The van der Waals surface area contributed by atoms with Gasteiger partial charge >= 0.3 is 0 Å². The van der Waals surface area contributed by atoms with Gasteiger partial charge < -0.3 is 16.0 Å². The molecule has 2 rings (SSSR count). The largest absolute Gasteiger partial charge is 0.373 e. The Hall–Kier alpha value is -1.85. The van der Waals surface area contributed by atoms with Crippen LogP contribution in [0.4, 0.5) is 11.6 Å². The average Bonchev–Trinajstić information content (AvgIpc) is 3.26. The van der Waals surface area contributed by atoms with Crippen LogP contribution in [0.2, 0.25) is 0 Å². The van der Waals surface area contributed by atoms with E-state index >= 15 is 0 Å². The zero-order valence-electron chi connectivity index (χ0n) is 13.3. The van der Waals surface area contributed by atoms with Crippen LogP contribution in [0.15, 0.2) is 0 Å². The molecule has 0 aliphatic heterocycles. The topological polar surface area (TPSA) is 78.9 Å². The highest BCUT2D eigenvalue weighted by Gasteiger charge is 2.26. The minimum absolute atomic E-state index is 0.0264. The second kappa shape index (κ2) is 6.74. The Morgan fingerprint density at radius 3 is 2.57 bits per heavy atom. The van der Waals surface area contributed by atoms with Gasteiger partial charge in [0.25, 0.3) is 0 Å². The highest BCUT2D eigenvalue weighted by molar-refractivity contribution is 5.84. The summed E-state index contributed by atoms with van der Waals surface area (Å²) in [7, 11) is 1.85. The number of aryl methyl sites for hydroxylation is 1. The van der Waals surface area contributed by atoms with E-state index in [9.17, 15) is 4.79 Å². The SMILES string of the molecule is CCCc1nc(NC)c(C)c(NC(C)C(=O)NC2CC2)n1. The fraction of sp³-hybridized carbons (Fsp3) is 0.667. The maximum atomic E-state index is 12.0. The van der Waals surface area contributed by atoms with Crippen LogP contribution >= 0.6 is 0 Å². The zero-order valence-corrected chi connectivity index (χ0v) is 13.3. The third-order valence-electron chi connectivity index (χ3n) is 3.57. The molecule has 6 heteroatoms. The molecular formula is C15H25N5O.